The Morgan fingerprint density at radius 3 is 1.13 bits per heavy atom. The van der Waals surface area contributed by atoms with Gasteiger partial charge in [0.15, 0.2) is 0 Å². The van der Waals surface area contributed by atoms with Crippen LogP contribution in [-0.4, -0.2) is 25.2 Å². The van der Waals surface area contributed by atoms with E-state index in [9.17, 15) is 9.59 Å². The van der Waals surface area contributed by atoms with E-state index in [0.717, 1.165) is 44.9 Å². The molecule has 0 fully saturated rings. The van der Waals surface area contributed by atoms with Crippen molar-refractivity contribution in [1.82, 2.24) is 0 Å². The van der Waals surface area contributed by atoms with Gasteiger partial charge in [0.25, 0.3) is 0 Å². The van der Waals surface area contributed by atoms with Gasteiger partial charge in [0.05, 0.1) is 25.6 Å². The first-order valence-corrected chi connectivity index (χ1v) is 23.6. The molecule has 0 spiro atoms. The number of ether oxygens (including phenoxy) is 2. The summed E-state index contributed by atoms with van der Waals surface area (Å²) in [6.45, 7) is 7.60. The molecule has 1 unspecified atom stereocenters. The van der Waals surface area contributed by atoms with Gasteiger partial charge in [0.2, 0.25) is 0 Å². The molecule has 1 atom stereocenters. The minimum Gasteiger partial charge on any atom is -0.466 e. The van der Waals surface area contributed by atoms with Gasteiger partial charge in [-0.1, -0.05) is 231 Å². The summed E-state index contributed by atoms with van der Waals surface area (Å²) in [6, 6.07) is 0. The molecule has 0 saturated heterocycles. The summed E-state index contributed by atoms with van der Waals surface area (Å²) in [6.07, 6.45) is 51.7. The van der Waals surface area contributed by atoms with Crippen LogP contribution in [0.15, 0.2) is 12.2 Å². The molecule has 0 N–H and O–H groups in total. The Labute approximate surface area is 326 Å². The molecule has 0 radical (unpaired) electrons. The van der Waals surface area contributed by atoms with Crippen LogP contribution in [-0.2, 0) is 19.1 Å². The van der Waals surface area contributed by atoms with E-state index < -0.39 is 0 Å². The first kappa shape index (κ1) is 50.7. The van der Waals surface area contributed by atoms with Gasteiger partial charge in [0.1, 0.15) is 0 Å². The van der Waals surface area contributed by atoms with Crippen molar-refractivity contribution in [2.24, 2.45) is 5.92 Å². The lowest BCUT2D eigenvalue weighted by Gasteiger charge is -2.16. The van der Waals surface area contributed by atoms with E-state index >= 15 is 0 Å². The van der Waals surface area contributed by atoms with E-state index in [4.69, 9.17) is 9.47 Å². The molecule has 0 aromatic heterocycles. The fourth-order valence-electron chi connectivity index (χ4n) is 7.34. The average Bonchev–Trinajstić information content (AvgIpc) is 3.14. The molecule has 0 amide bonds. The van der Waals surface area contributed by atoms with E-state index in [0.29, 0.717) is 13.2 Å². The van der Waals surface area contributed by atoms with Gasteiger partial charge in [-0.25, -0.2) is 0 Å². The van der Waals surface area contributed by atoms with Gasteiger partial charge in [-0.05, 0) is 39.0 Å². The third-order valence-corrected chi connectivity index (χ3v) is 10.9. The maximum absolute atomic E-state index is 13.1. The van der Waals surface area contributed by atoms with Crippen LogP contribution < -0.4 is 0 Å². The highest BCUT2D eigenvalue weighted by atomic mass is 16.5. The second kappa shape index (κ2) is 44.1. The van der Waals surface area contributed by atoms with Gasteiger partial charge in [-0.2, -0.15) is 0 Å². The molecule has 0 heterocycles. The number of rotatable bonds is 43. The molecule has 0 aliphatic carbocycles. The Morgan fingerprint density at radius 2 is 0.750 bits per heavy atom. The van der Waals surface area contributed by atoms with E-state index in [2.05, 4.69) is 32.9 Å². The van der Waals surface area contributed by atoms with Crippen molar-refractivity contribution in [2.45, 2.75) is 265 Å². The summed E-state index contributed by atoms with van der Waals surface area (Å²) in [5.74, 6) is -0.769. The second-order valence-electron chi connectivity index (χ2n) is 16.1. The van der Waals surface area contributed by atoms with E-state index in [-0.39, 0.29) is 24.3 Å². The lowest BCUT2D eigenvalue weighted by atomic mass is 9.97. The molecule has 52 heavy (non-hydrogen) atoms. The van der Waals surface area contributed by atoms with Crippen LogP contribution in [0.5, 0.6) is 0 Å². The topological polar surface area (TPSA) is 52.6 Å². The first-order valence-electron chi connectivity index (χ1n) is 23.6. The largest absolute Gasteiger partial charge is 0.466 e. The quantitative estimate of drug-likeness (QED) is 0.0356. The summed E-state index contributed by atoms with van der Waals surface area (Å²) in [7, 11) is 0. The fraction of sp³-hybridized carbons (Fsp3) is 0.917. The van der Waals surface area contributed by atoms with Crippen LogP contribution in [0.4, 0.5) is 0 Å². The van der Waals surface area contributed by atoms with Crippen LogP contribution in [0.25, 0.3) is 0 Å². The molecule has 0 rings (SSSR count). The van der Waals surface area contributed by atoms with Crippen molar-refractivity contribution >= 4 is 11.9 Å². The molecule has 0 aromatic carbocycles. The second-order valence-corrected chi connectivity index (χ2v) is 16.1. The van der Waals surface area contributed by atoms with E-state index in [1.165, 1.54) is 193 Å². The van der Waals surface area contributed by atoms with Crippen LogP contribution in [0, 0.1) is 5.92 Å². The van der Waals surface area contributed by atoms with Crippen molar-refractivity contribution in [1.29, 1.82) is 0 Å². The number of hydrogen-bond acceptors (Lipinski definition) is 4. The SMILES string of the molecule is C/C=C/CCCCCCCCCCCCCCCCCC(CC(=O)OCCCCCCCCCCCC)C(=O)OCCCCCCCCCCCC. The molecule has 0 aromatic rings. The Balaban J connectivity index is 4.16. The van der Waals surface area contributed by atoms with Crippen LogP contribution >= 0.6 is 0 Å². The highest BCUT2D eigenvalue weighted by Crippen LogP contribution is 2.20. The minimum absolute atomic E-state index is 0.172. The molecule has 0 bridgehead atoms. The molecule has 0 saturated carbocycles. The van der Waals surface area contributed by atoms with Gasteiger partial charge in [0, 0.05) is 0 Å². The molecule has 4 heteroatoms. The third-order valence-electron chi connectivity index (χ3n) is 10.9. The third kappa shape index (κ3) is 39.9. The summed E-state index contributed by atoms with van der Waals surface area (Å²) in [5.41, 5.74) is 0. The molecule has 0 aliphatic rings. The van der Waals surface area contributed by atoms with Gasteiger partial charge in [-0.3, -0.25) is 9.59 Å². The van der Waals surface area contributed by atoms with Crippen LogP contribution in [0.1, 0.15) is 265 Å². The van der Waals surface area contributed by atoms with Crippen molar-refractivity contribution in [3.63, 3.8) is 0 Å². The molecule has 308 valence electrons. The number of carbonyl (C=O) groups is 2. The number of esters is 2. The molecular formula is C48H92O4. The first-order chi connectivity index (χ1) is 25.7. The van der Waals surface area contributed by atoms with Crippen molar-refractivity contribution in [3.8, 4) is 0 Å². The standard InChI is InChI=1S/C48H92O4/c1-4-7-10-13-16-19-22-23-24-25-26-27-28-29-30-33-36-39-42-46(48(50)52-44-41-38-35-32-21-18-15-12-9-6-3)45-47(49)51-43-40-37-34-31-20-17-14-11-8-5-2/h4,7,46H,5-6,8-45H2,1-3H3/b7-4+. The molecule has 0 aliphatic heterocycles. The van der Waals surface area contributed by atoms with Crippen LogP contribution in [0.2, 0.25) is 0 Å². The zero-order chi connectivity index (χ0) is 37.8. The smallest absolute Gasteiger partial charge is 0.309 e. The number of carbonyl (C=O) groups excluding carboxylic acids is 2. The Hall–Kier alpha value is -1.32. The van der Waals surface area contributed by atoms with Crippen LogP contribution in [0.3, 0.4) is 0 Å². The van der Waals surface area contributed by atoms with Crippen molar-refractivity contribution in [2.75, 3.05) is 13.2 Å². The predicted octanol–water partition coefficient (Wildman–Crippen LogP) is 16.1. The van der Waals surface area contributed by atoms with Crippen molar-refractivity contribution < 1.29 is 19.1 Å². The summed E-state index contributed by atoms with van der Waals surface area (Å²) >= 11 is 0. The predicted molar refractivity (Wildman–Crippen MR) is 227 cm³/mol. The summed E-state index contributed by atoms with van der Waals surface area (Å²) < 4.78 is 11.3. The number of unbranched alkanes of at least 4 members (excludes halogenated alkanes) is 33. The van der Waals surface area contributed by atoms with E-state index in [1.54, 1.807) is 0 Å². The molecular weight excluding hydrogens is 641 g/mol. The number of allylic oxidation sites excluding steroid dienone is 2. The zero-order valence-corrected chi connectivity index (χ0v) is 35.6. The highest BCUT2D eigenvalue weighted by Gasteiger charge is 2.24. The van der Waals surface area contributed by atoms with Crippen molar-refractivity contribution in [3.05, 3.63) is 12.2 Å². The van der Waals surface area contributed by atoms with E-state index in [1.807, 2.05) is 0 Å². The number of hydrogen-bond donors (Lipinski definition) is 0. The molecule has 4 nitrogen and oxygen atoms in total. The Kier molecular flexibility index (Phi) is 43.0. The lowest BCUT2D eigenvalue weighted by molar-refractivity contribution is -0.155. The monoisotopic (exact) mass is 733 g/mol. The minimum atomic E-state index is -0.360. The highest BCUT2D eigenvalue weighted by molar-refractivity contribution is 5.79. The Bertz CT molecular complexity index is 747. The van der Waals surface area contributed by atoms with Gasteiger partial charge < -0.3 is 9.47 Å². The fourth-order valence-corrected chi connectivity index (χ4v) is 7.34. The summed E-state index contributed by atoms with van der Waals surface area (Å²) in [5, 5.41) is 0. The average molecular weight is 733 g/mol. The lowest BCUT2D eigenvalue weighted by Crippen LogP contribution is -2.23. The maximum Gasteiger partial charge on any atom is 0.309 e. The zero-order valence-electron chi connectivity index (χ0n) is 35.6. The normalized spacial score (nSPS) is 12.1. The van der Waals surface area contributed by atoms with Gasteiger partial charge >= 0.3 is 11.9 Å². The Morgan fingerprint density at radius 1 is 0.423 bits per heavy atom. The summed E-state index contributed by atoms with van der Waals surface area (Å²) in [4.78, 5) is 25.8. The maximum atomic E-state index is 13.1. The van der Waals surface area contributed by atoms with Gasteiger partial charge in [-0.15, -0.1) is 0 Å².